The van der Waals surface area contributed by atoms with Gasteiger partial charge in [0.25, 0.3) is 0 Å². The molecule has 1 aliphatic carbocycles. The number of nitrogens with zero attached hydrogens (tertiary/aromatic N) is 3. The number of carbonyl (C=O) groups excluding carboxylic acids is 1. The Hall–Kier alpha value is -3.49. The molecule has 1 fully saturated rings. The van der Waals surface area contributed by atoms with E-state index in [9.17, 15) is 18.0 Å². The number of alkyl halides is 3. The molecule has 0 radical (unpaired) electrons. The van der Waals surface area contributed by atoms with Crippen molar-refractivity contribution in [3.05, 3.63) is 66.2 Å². The number of ether oxygens (including phenoxy) is 1. The molecule has 0 atom stereocenters. The number of hydrogen-bond donors (Lipinski definition) is 1. The first-order valence-corrected chi connectivity index (χ1v) is 11.1. The zero-order chi connectivity index (χ0) is 24.1. The number of hydrogen-bond acceptors (Lipinski definition) is 6. The van der Waals surface area contributed by atoms with Crippen molar-refractivity contribution in [2.24, 2.45) is 5.92 Å². The van der Waals surface area contributed by atoms with Gasteiger partial charge in [0, 0.05) is 12.0 Å². The summed E-state index contributed by atoms with van der Waals surface area (Å²) in [6.45, 7) is 0. The number of carbonyl (C=O) groups is 1. The van der Waals surface area contributed by atoms with Crippen LogP contribution >= 0.6 is 0 Å². The van der Waals surface area contributed by atoms with Crippen molar-refractivity contribution in [2.45, 2.75) is 44.2 Å². The standard InChI is InChI=1S/C25H25F3N4O2/c1-34-24(33)12-16-2-4-17(5-3-16)18-6-8-19(9-7-18)21-14-31-23(15-29-21)32-20-10-11-22(30-13-20)25(26,27)28/h6-11,13-17H,2-5,12H2,1H3,(H,31,32). The highest BCUT2D eigenvalue weighted by atomic mass is 19.4. The molecule has 2 heterocycles. The summed E-state index contributed by atoms with van der Waals surface area (Å²) in [5.74, 6) is 1.17. The molecular weight excluding hydrogens is 445 g/mol. The van der Waals surface area contributed by atoms with Crippen LogP contribution in [-0.2, 0) is 15.7 Å². The van der Waals surface area contributed by atoms with Crippen molar-refractivity contribution >= 4 is 17.5 Å². The van der Waals surface area contributed by atoms with Crippen LogP contribution in [0.5, 0.6) is 0 Å². The lowest BCUT2D eigenvalue weighted by molar-refractivity contribution is -0.142. The Balaban J connectivity index is 1.34. The predicted octanol–water partition coefficient (Wildman–Crippen LogP) is 6.14. The van der Waals surface area contributed by atoms with Gasteiger partial charge in [-0.3, -0.25) is 9.78 Å². The average molecular weight is 470 g/mol. The van der Waals surface area contributed by atoms with E-state index in [0.717, 1.165) is 43.5 Å². The molecule has 0 amide bonds. The highest BCUT2D eigenvalue weighted by Crippen LogP contribution is 2.37. The van der Waals surface area contributed by atoms with Crippen LogP contribution in [0.25, 0.3) is 11.3 Å². The number of esters is 1. The number of aromatic nitrogens is 3. The molecule has 4 rings (SSSR count). The summed E-state index contributed by atoms with van der Waals surface area (Å²) in [4.78, 5) is 23.6. The van der Waals surface area contributed by atoms with E-state index in [4.69, 9.17) is 4.74 Å². The Labute approximate surface area is 195 Å². The van der Waals surface area contributed by atoms with Gasteiger partial charge in [-0.1, -0.05) is 24.3 Å². The molecule has 3 aromatic rings. The molecule has 1 aliphatic rings. The minimum atomic E-state index is -4.47. The number of benzene rings is 1. The van der Waals surface area contributed by atoms with Crippen LogP contribution in [0, 0.1) is 5.92 Å². The maximum atomic E-state index is 12.6. The Morgan fingerprint density at radius 1 is 0.971 bits per heavy atom. The summed E-state index contributed by atoms with van der Waals surface area (Å²) in [6, 6.07) is 10.5. The van der Waals surface area contributed by atoms with Crippen LogP contribution in [0.2, 0.25) is 0 Å². The van der Waals surface area contributed by atoms with Gasteiger partial charge in [-0.25, -0.2) is 9.97 Å². The van der Waals surface area contributed by atoms with Gasteiger partial charge in [0.05, 0.1) is 37.1 Å². The molecule has 9 heteroatoms. The van der Waals surface area contributed by atoms with Crippen molar-refractivity contribution < 1.29 is 22.7 Å². The summed E-state index contributed by atoms with van der Waals surface area (Å²) in [5, 5.41) is 2.90. The lowest BCUT2D eigenvalue weighted by Crippen LogP contribution is -2.17. The van der Waals surface area contributed by atoms with Gasteiger partial charge >= 0.3 is 12.1 Å². The lowest BCUT2D eigenvalue weighted by atomic mass is 9.77. The zero-order valence-corrected chi connectivity index (χ0v) is 18.7. The largest absolute Gasteiger partial charge is 0.469 e. The zero-order valence-electron chi connectivity index (χ0n) is 18.7. The van der Waals surface area contributed by atoms with Crippen LogP contribution in [0.15, 0.2) is 55.0 Å². The maximum absolute atomic E-state index is 12.6. The molecule has 6 nitrogen and oxygen atoms in total. The molecule has 1 N–H and O–H groups in total. The summed E-state index contributed by atoms with van der Waals surface area (Å²) >= 11 is 0. The maximum Gasteiger partial charge on any atom is 0.433 e. The van der Waals surface area contributed by atoms with Gasteiger partial charge in [0.1, 0.15) is 11.5 Å². The first-order valence-electron chi connectivity index (χ1n) is 11.1. The second kappa shape index (κ2) is 10.2. The highest BCUT2D eigenvalue weighted by Gasteiger charge is 2.32. The topological polar surface area (TPSA) is 77.0 Å². The van der Waals surface area contributed by atoms with Crippen molar-refractivity contribution in [2.75, 3.05) is 12.4 Å². The molecule has 0 unspecified atom stereocenters. The Bertz CT molecular complexity index is 1090. The van der Waals surface area contributed by atoms with E-state index in [2.05, 4.69) is 32.4 Å². The lowest BCUT2D eigenvalue weighted by Gasteiger charge is -2.28. The number of halogens is 3. The van der Waals surface area contributed by atoms with Crippen molar-refractivity contribution in [3.63, 3.8) is 0 Å². The highest BCUT2D eigenvalue weighted by molar-refractivity contribution is 5.69. The normalized spacial score (nSPS) is 18.4. The Kier molecular flexibility index (Phi) is 7.09. The van der Waals surface area contributed by atoms with E-state index in [1.807, 2.05) is 12.1 Å². The predicted molar refractivity (Wildman–Crippen MR) is 121 cm³/mol. The van der Waals surface area contributed by atoms with Crippen molar-refractivity contribution in [1.29, 1.82) is 0 Å². The molecule has 1 aromatic carbocycles. The molecule has 2 aromatic heterocycles. The fourth-order valence-electron chi connectivity index (χ4n) is 4.27. The van der Waals surface area contributed by atoms with E-state index < -0.39 is 11.9 Å². The SMILES string of the molecule is COC(=O)CC1CCC(c2ccc(-c3cnc(Nc4ccc(C(F)(F)F)nc4)cn3)cc2)CC1. The molecule has 1 saturated carbocycles. The molecule has 178 valence electrons. The average Bonchev–Trinajstić information content (AvgIpc) is 2.85. The van der Waals surface area contributed by atoms with E-state index in [-0.39, 0.29) is 5.97 Å². The van der Waals surface area contributed by atoms with E-state index in [0.29, 0.717) is 35.5 Å². The first-order chi connectivity index (χ1) is 16.3. The number of methoxy groups -OCH3 is 1. The minimum absolute atomic E-state index is 0.133. The van der Waals surface area contributed by atoms with E-state index >= 15 is 0 Å². The van der Waals surface area contributed by atoms with E-state index in [1.54, 1.807) is 6.20 Å². The fourth-order valence-corrected chi connectivity index (χ4v) is 4.27. The van der Waals surface area contributed by atoms with Gasteiger partial charge < -0.3 is 10.1 Å². The second-order valence-electron chi connectivity index (χ2n) is 8.46. The van der Waals surface area contributed by atoms with Crippen LogP contribution in [0.3, 0.4) is 0 Å². The summed E-state index contributed by atoms with van der Waals surface area (Å²) in [6.07, 6.45) is 4.45. The van der Waals surface area contributed by atoms with Crippen molar-refractivity contribution in [1.82, 2.24) is 15.0 Å². The molecule has 0 spiro atoms. The number of pyridine rings is 1. The third kappa shape index (κ3) is 5.89. The number of rotatable bonds is 6. The first kappa shape index (κ1) is 23.7. The molecule has 34 heavy (non-hydrogen) atoms. The monoisotopic (exact) mass is 470 g/mol. The number of nitrogens with one attached hydrogen (secondary N) is 1. The van der Waals surface area contributed by atoms with Crippen LogP contribution < -0.4 is 5.32 Å². The van der Waals surface area contributed by atoms with Gasteiger partial charge in [-0.2, -0.15) is 13.2 Å². The van der Waals surface area contributed by atoms with E-state index in [1.165, 1.54) is 24.9 Å². The molecule has 0 aliphatic heterocycles. The molecular formula is C25H25F3N4O2. The third-order valence-electron chi connectivity index (χ3n) is 6.19. The second-order valence-corrected chi connectivity index (χ2v) is 8.46. The number of anilines is 2. The smallest absolute Gasteiger partial charge is 0.433 e. The fraction of sp³-hybridized carbons (Fsp3) is 0.360. The Morgan fingerprint density at radius 3 is 2.26 bits per heavy atom. The van der Waals surface area contributed by atoms with Crippen LogP contribution in [0.4, 0.5) is 24.7 Å². The van der Waals surface area contributed by atoms with Crippen LogP contribution in [0.1, 0.15) is 49.3 Å². The van der Waals surface area contributed by atoms with Crippen LogP contribution in [-0.4, -0.2) is 28.0 Å². The molecule has 0 bridgehead atoms. The Morgan fingerprint density at radius 2 is 1.71 bits per heavy atom. The van der Waals surface area contributed by atoms with Gasteiger partial charge in [0.15, 0.2) is 0 Å². The van der Waals surface area contributed by atoms with Gasteiger partial charge in [-0.05, 0) is 55.2 Å². The third-order valence-corrected chi connectivity index (χ3v) is 6.19. The van der Waals surface area contributed by atoms with Crippen molar-refractivity contribution in [3.8, 4) is 11.3 Å². The summed E-state index contributed by atoms with van der Waals surface area (Å²) in [7, 11) is 1.43. The minimum Gasteiger partial charge on any atom is -0.469 e. The quantitative estimate of drug-likeness (QED) is 0.436. The van der Waals surface area contributed by atoms with Gasteiger partial charge in [-0.15, -0.1) is 0 Å². The summed E-state index contributed by atoms with van der Waals surface area (Å²) in [5.41, 5.74) is 2.35. The van der Waals surface area contributed by atoms with Gasteiger partial charge in [0.2, 0.25) is 0 Å². The summed E-state index contributed by atoms with van der Waals surface area (Å²) < 4.78 is 42.7. The molecule has 0 saturated heterocycles.